The number of carbonyl (C=O) groups is 1. The number of fused-ring (bicyclic) bond motifs is 1. The van der Waals surface area contributed by atoms with E-state index in [0.717, 1.165) is 18.1 Å². The monoisotopic (exact) mass is 505 g/mol. The average Bonchev–Trinajstić information content (AvgIpc) is 2.79. The van der Waals surface area contributed by atoms with E-state index >= 15 is 0 Å². The Morgan fingerprint density at radius 2 is 1.79 bits per heavy atom. The number of nitrogens with one attached hydrogen (secondary N) is 1. The molecule has 11 heteroatoms. The second-order valence-electron chi connectivity index (χ2n) is 7.30. The number of nitrogens with zero attached hydrogens (tertiary/aromatic N) is 2. The molecule has 0 radical (unpaired) electrons. The molecule has 1 aliphatic heterocycles. The lowest BCUT2D eigenvalue weighted by atomic mass is 10.0. The van der Waals surface area contributed by atoms with Gasteiger partial charge in [-0.3, -0.25) is 19.2 Å². The first-order valence-corrected chi connectivity index (χ1v) is 12.0. The molecular formula is C22H17Cl2N3O5S. The molecule has 33 heavy (non-hydrogen) atoms. The number of benzene rings is 3. The van der Waals surface area contributed by atoms with E-state index in [1.807, 2.05) is 12.1 Å². The molecule has 8 nitrogen and oxygen atoms in total. The van der Waals surface area contributed by atoms with Crippen LogP contribution in [0, 0.1) is 10.1 Å². The normalized spacial score (nSPS) is 13.3. The summed E-state index contributed by atoms with van der Waals surface area (Å²) in [6, 6.07) is 15.1. The fraction of sp³-hybridized carbons (Fsp3) is 0.136. The van der Waals surface area contributed by atoms with Crippen LogP contribution in [0.4, 0.5) is 17.1 Å². The van der Waals surface area contributed by atoms with Crippen molar-refractivity contribution < 1.29 is 18.1 Å². The zero-order chi connectivity index (χ0) is 23.8. The first-order chi connectivity index (χ1) is 15.7. The maximum atomic E-state index is 13.4. The maximum Gasteiger partial charge on any atom is 0.283 e. The van der Waals surface area contributed by atoms with Gasteiger partial charge in [0.1, 0.15) is 5.56 Å². The second-order valence-corrected chi connectivity index (χ2v) is 9.97. The number of rotatable bonds is 5. The van der Waals surface area contributed by atoms with Gasteiger partial charge in [-0.25, -0.2) is 8.42 Å². The number of amides is 1. The van der Waals surface area contributed by atoms with Crippen LogP contribution in [-0.2, 0) is 16.4 Å². The fourth-order valence-corrected chi connectivity index (χ4v) is 5.70. The number of aryl methyl sites for hydroxylation is 1. The lowest BCUT2D eigenvalue weighted by molar-refractivity contribution is -0.385. The van der Waals surface area contributed by atoms with Crippen LogP contribution in [0.1, 0.15) is 22.3 Å². The number of anilines is 2. The molecule has 1 amide bonds. The molecule has 1 aliphatic rings. The van der Waals surface area contributed by atoms with Crippen molar-refractivity contribution in [3.8, 4) is 0 Å². The first kappa shape index (κ1) is 23.0. The largest absolute Gasteiger partial charge is 0.320 e. The van der Waals surface area contributed by atoms with E-state index in [9.17, 15) is 23.3 Å². The third kappa shape index (κ3) is 4.39. The second kappa shape index (κ2) is 9.01. The van der Waals surface area contributed by atoms with Crippen molar-refractivity contribution in [2.75, 3.05) is 16.2 Å². The highest BCUT2D eigenvalue weighted by Crippen LogP contribution is 2.34. The van der Waals surface area contributed by atoms with Crippen molar-refractivity contribution in [1.82, 2.24) is 0 Å². The zero-order valence-corrected chi connectivity index (χ0v) is 19.3. The van der Waals surface area contributed by atoms with E-state index in [-0.39, 0.29) is 26.2 Å². The smallest absolute Gasteiger partial charge is 0.283 e. The molecule has 3 aromatic rings. The van der Waals surface area contributed by atoms with Crippen LogP contribution in [-0.4, -0.2) is 25.8 Å². The number of halogens is 2. The number of nitro benzene ring substituents is 1. The highest BCUT2D eigenvalue weighted by Gasteiger charge is 2.30. The number of nitro groups is 1. The summed E-state index contributed by atoms with van der Waals surface area (Å²) < 4.78 is 28.2. The molecule has 1 N–H and O–H groups in total. The topological polar surface area (TPSA) is 110 Å². The lowest BCUT2D eigenvalue weighted by Gasteiger charge is -2.30. The number of para-hydroxylation sites is 1. The molecule has 0 aromatic heterocycles. The molecule has 0 atom stereocenters. The summed E-state index contributed by atoms with van der Waals surface area (Å²) in [4.78, 5) is 23.3. The molecular weight excluding hydrogens is 489 g/mol. The number of carbonyl (C=O) groups excluding carboxylic acids is 1. The van der Waals surface area contributed by atoms with Crippen molar-refractivity contribution >= 4 is 56.2 Å². The van der Waals surface area contributed by atoms with Gasteiger partial charge in [0, 0.05) is 12.6 Å². The minimum Gasteiger partial charge on any atom is -0.320 e. The van der Waals surface area contributed by atoms with E-state index in [1.165, 1.54) is 34.6 Å². The summed E-state index contributed by atoms with van der Waals surface area (Å²) >= 11 is 12.2. The van der Waals surface area contributed by atoms with E-state index in [2.05, 4.69) is 5.32 Å². The SMILES string of the molecule is O=C(Nc1cc(S(=O)(=O)N2CCCc3ccccc32)ccc1Cl)c1c(Cl)cccc1[N+](=O)[O-]. The van der Waals surface area contributed by atoms with Gasteiger partial charge in [0.05, 0.1) is 31.2 Å². The van der Waals surface area contributed by atoms with Crippen molar-refractivity contribution in [1.29, 1.82) is 0 Å². The van der Waals surface area contributed by atoms with Crippen LogP contribution >= 0.6 is 23.2 Å². The predicted octanol–water partition coefficient (Wildman–Crippen LogP) is 5.30. The van der Waals surface area contributed by atoms with Crippen LogP contribution in [0.2, 0.25) is 10.0 Å². The van der Waals surface area contributed by atoms with Crippen LogP contribution in [0.25, 0.3) is 0 Å². The zero-order valence-electron chi connectivity index (χ0n) is 17.0. The molecule has 170 valence electrons. The molecule has 3 aromatic carbocycles. The Labute approximate surface area is 199 Å². The Kier molecular flexibility index (Phi) is 6.29. The third-order valence-corrected chi connectivity index (χ3v) is 7.71. The minimum atomic E-state index is -3.96. The van der Waals surface area contributed by atoms with Crippen LogP contribution in [0.15, 0.2) is 65.6 Å². The highest BCUT2D eigenvalue weighted by atomic mass is 35.5. The van der Waals surface area contributed by atoms with Gasteiger partial charge < -0.3 is 5.32 Å². The Balaban J connectivity index is 1.70. The van der Waals surface area contributed by atoms with Crippen LogP contribution < -0.4 is 9.62 Å². The molecule has 0 spiro atoms. The highest BCUT2D eigenvalue weighted by molar-refractivity contribution is 7.92. The summed E-state index contributed by atoms with van der Waals surface area (Å²) in [5, 5.41) is 13.7. The molecule has 0 saturated heterocycles. The van der Waals surface area contributed by atoms with Crippen molar-refractivity contribution in [2.24, 2.45) is 0 Å². The summed E-state index contributed by atoms with van der Waals surface area (Å²) in [7, 11) is -3.96. The summed E-state index contributed by atoms with van der Waals surface area (Å²) in [5.74, 6) is -0.882. The van der Waals surface area contributed by atoms with E-state index < -0.39 is 26.5 Å². The van der Waals surface area contributed by atoms with Crippen LogP contribution in [0.3, 0.4) is 0 Å². The van der Waals surface area contributed by atoms with E-state index in [0.29, 0.717) is 18.7 Å². The number of sulfonamides is 1. The van der Waals surface area contributed by atoms with Gasteiger partial charge in [-0.15, -0.1) is 0 Å². The maximum absolute atomic E-state index is 13.4. The van der Waals surface area contributed by atoms with Crippen molar-refractivity contribution in [3.63, 3.8) is 0 Å². The Bertz CT molecular complexity index is 1380. The Morgan fingerprint density at radius 3 is 2.55 bits per heavy atom. The lowest BCUT2D eigenvalue weighted by Crippen LogP contribution is -2.35. The van der Waals surface area contributed by atoms with Gasteiger partial charge in [-0.1, -0.05) is 47.5 Å². The average molecular weight is 506 g/mol. The quantitative estimate of drug-likeness (QED) is 0.373. The predicted molar refractivity (Wildman–Crippen MR) is 127 cm³/mol. The minimum absolute atomic E-state index is 0.0118. The Hall–Kier alpha value is -3.14. The Morgan fingerprint density at radius 1 is 1.03 bits per heavy atom. The van der Waals surface area contributed by atoms with Gasteiger partial charge in [-0.05, 0) is 48.7 Å². The molecule has 0 aliphatic carbocycles. The van der Waals surface area contributed by atoms with Crippen molar-refractivity contribution in [2.45, 2.75) is 17.7 Å². The van der Waals surface area contributed by atoms with Gasteiger partial charge >= 0.3 is 0 Å². The molecule has 4 rings (SSSR count). The standard InChI is InChI=1S/C22H17Cl2N3O5S/c23-16-11-10-15(33(31,32)26-12-4-6-14-5-1-2-8-19(14)26)13-18(16)25-22(28)21-17(24)7-3-9-20(21)27(29)30/h1-3,5,7-11,13H,4,6,12H2,(H,25,28). The van der Waals surface area contributed by atoms with Gasteiger partial charge in [0.15, 0.2) is 0 Å². The summed E-state index contributed by atoms with van der Waals surface area (Å²) in [6.07, 6.45) is 1.45. The van der Waals surface area contributed by atoms with Crippen molar-refractivity contribution in [3.05, 3.63) is 92.0 Å². The van der Waals surface area contributed by atoms with Gasteiger partial charge in [0.25, 0.3) is 21.6 Å². The number of hydrogen-bond acceptors (Lipinski definition) is 5. The van der Waals surface area contributed by atoms with E-state index in [4.69, 9.17) is 23.2 Å². The third-order valence-electron chi connectivity index (χ3n) is 5.26. The molecule has 0 unspecified atom stereocenters. The number of hydrogen-bond donors (Lipinski definition) is 1. The molecule has 0 bridgehead atoms. The van der Waals surface area contributed by atoms with Gasteiger partial charge in [0.2, 0.25) is 0 Å². The van der Waals surface area contributed by atoms with E-state index in [1.54, 1.807) is 12.1 Å². The molecule has 0 fully saturated rings. The summed E-state index contributed by atoms with van der Waals surface area (Å²) in [6.45, 7) is 0.315. The molecule has 1 heterocycles. The molecule has 0 saturated carbocycles. The van der Waals surface area contributed by atoms with Crippen LogP contribution in [0.5, 0.6) is 0 Å². The summed E-state index contributed by atoms with van der Waals surface area (Å²) in [5.41, 5.74) is 0.697. The van der Waals surface area contributed by atoms with Gasteiger partial charge in [-0.2, -0.15) is 0 Å². The fourth-order valence-electron chi connectivity index (χ4n) is 3.71. The first-order valence-electron chi connectivity index (χ1n) is 9.84.